The average molecular weight is 262 g/mol. The number of aromatic carboxylic acids is 1. The molecule has 0 spiro atoms. The van der Waals surface area contributed by atoms with E-state index in [-0.39, 0.29) is 17.6 Å². The van der Waals surface area contributed by atoms with Gasteiger partial charge in [0.1, 0.15) is 5.69 Å². The third kappa shape index (κ3) is 3.30. The summed E-state index contributed by atoms with van der Waals surface area (Å²) >= 11 is 0. The summed E-state index contributed by atoms with van der Waals surface area (Å²) in [5.41, 5.74) is 0.235. The molecule has 1 aromatic heterocycles. The van der Waals surface area contributed by atoms with Gasteiger partial charge in [-0.3, -0.25) is 4.79 Å². The first-order valence-corrected chi connectivity index (χ1v) is 6.58. The predicted molar refractivity (Wildman–Crippen MR) is 70.1 cm³/mol. The summed E-state index contributed by atoms with van der Waals surface area (Å²) in [6, 6.07) is 2.96. The molecule has 1 unspecified atom stereocenters. The molecule has 5 nitrogen and oxygen atoms in total. The van der Waals surface area contributed by atoms with Crippen LogP contribution in [0.4, 0.5) is 0 Å². The lowest BCUT2D eigenvalue weighted by molar-refractivity contribution is 0.0690. The van der Waals surface area contributed by atoms with Gasteiger partial charge in [-0.2, -0.15) is 0 Å². The molecule has 1 aromatic rings. The molecule has 102 valence electrons. The van der Waals surface area contributed by atoms with Crippen molar-refractivity contribution in [1.29, 1.82) is 0 Å². The molecule has 1 aliphatic rings. The number of hydrogen-bond acceptors (Lipinski definition) is 3. The lowest BCUT2D eigenvalue weighted by Gasteiger charge is -2.20. The van der Waals surface area contributed by atoms with Gasteiger partial charge in [0.15, 0.2) is 0 Å². The Hall–Kier alpha value is -1.91. The van der Waals surface area contributed by atoms with E-state index in [2.05, 4.69) is 10.3 Å². The van der Waals surface area contributed by atoms with Crippen molar-refractivity contribution in [3.8, 4) is 0 Å². The Kier molecular flexibility index (Phi) is 4.14. The number of carbonyl (C=O) groups is 2. The zero-order valence-electron chi connectivity index (χ0n) is 10.9. The van der Waals surface area contributed by atoms with E-state index in [0.29, 0.717) is 11.5 Å². The molecule has 1 aliphatic carbocycles. The molecule has 1 amide bonds. The minimum Gasteiger partial charge on any atom is -0.477 e. The summed E-state index contributed by atoms with van der Waals surface area (Å²) < 4.78 is 0. The maximum Gasteiger partial charge on any atom is 0.354 e. The van der Waals surface area contributed by atoms with E-state index in [1.807, 2.05) is 6.92 Å². The molecule has 1 heterocycles. The van der Waals surface area contributed by atoms with Crippen LogP contribution in [0.1, 0.15) is 53.5 Å². The Morgan fingerprint density at radius 2 is 2.11 bits per heavy atom. The quantitative estimate of drug-likeness (QED) is 0.870. The summed E-state index contributed by atoms with van der Waals surface area (Å²) in [5.74, 6) is -0.826. The number of pyridine rings is 1. The highest BCUT2D eigenvalue weighted by molar-refractivity contribution is 5.96. The van der Waals surface area contributed by atoms with Crippen molar-refractivity contribution in [3.05, 3.63) is 29.6 Å². The largest absolute Gasteiger partial charge is 0.477 e. The van der Waals surface area contributed by atoms with Gasteiger partial charge in [0, 0.05) is 17.8 Å². The van der Waals surface area contributed by atoms with Crippen LogP contribution >= 0.6 is 0 Å². The minimum atomic E-state index is -1.13. The molecule has 0 saturated heterocycles. The summed E-state index contributed by atoms with van der Waals surface area (Å²) in [6.07, 6.45) is 6.10. The highest BCUT2D eigenvalue weighted by Crippen LogP contribution is 2.27. The summed E-state index contributed by atoms with van der Waals surface area (Å²) in [6.45, 7) is 2.01. The smallest absolute Gasteiger partial charge is 0.354 e. The second-order valence-corrected chi connectivity index (χ2v) is 5.04. The molecule has 1 fully saturated rings. The number of aromatic nitrogens is 1. The number of carboxylic acid groups (broad SMARTS) is 1. The van der Waals surface area contributed by atoms with Crippen LogP contribution in [0.15, 0.2) is 18.3 Å². The van der Waals surface area contributed by atoms with Gasteiger partial charge in [0.05, 0.1) is 0 Å². The normalized spacial score (nSPS) is 17.1. The fraction of sp³-hybridized carbons (Fsp3) is 0.500. The van der Waals surface area contributed by atoms with Crippen LogP contribution < -0.4 is 5.32 Å². The third-order valence-corrected chi connectivity index (χ3v) is 3.71. The number of nitrogens with zero attached hydrogens (tertiary/aromatic N) is 1. The average Bonchev–Trinajstić information content (AvgIpc) is 2.92. The van der Waals surface area contributed by atoms with Gasteiger partial charge < -0.3 is 10.4 Å². The summed E-state index contributed by atoms with van der Waals surface area (Å²) in [5, 5.41) is 11.8. The van der Waals surface area contributed by atoms with Crippen molar-refractivity contribution in [1.82, 2.24) is 10.3 Å². The fourth-order valence-corrected chi connectivity index (χ4v) is 2.55. The molecule has 5 heteroatoms. The zero-order chi connectivity index (χ0) is 13.8. The molecule has 2 rings (SSSR count). The van der Waals surface area contributed by atoms with Crippen molar-refractivity contribution >= 4 is 11.9 Å². The number of nitrogens with one attached hydrogen (secondary N) is 1. The van der Waals surface area contributed by atoms with Gasteiger partial charge in [0.25, 0.3) is 5.91 Å². The summed E-state index contributed by atoms with van der Waals surface area (Å²) in [4.78, 5) is 26.6. The standard InChI is InChI=1S/C14H18N2O3/c1-9(10-4-2-3-5-10)16-13(17)11-6-7-15-12(8-11)14(18)19/h6-10H,2-5H2,1H3,(H,16,17)(H,18,19). The number of hydrogen-bond donors (Lipinski definition) is 2. The maximum atomic E-state index is 12.1. The fourth-order valence-electron chi connectivity index (χ4n) is 2.55. The number of carboxylic acids is 1. The van der Waals surface area contributed by atoms with E-state index in [1.165, 1.54) is 31.2 Å². The van der Waals surface area contributed by atoms with Gasteiger partial charge in [0.2, 0.25) is 0 Å². The molecule has 0 aromatic carbocycles. The van der Waals surface area contributed by atoms with Gasteiger partial charge in [-0.15, -0.1) is 0 Å². The van der Waals surface area contributed by atoms with Crippen molar-refractivity contribution in [2.24, 2.45) is 5.92 Å². The Labute approximate surface area is 112 Å². The van der Waals surface area contributed by atoms with E-state index in [0.717, 1.165) is 12.8 Å². The monoisotopic (exact) mass is 262 g/mol. The van der Waals surface area contributed by atoms with Crippen LogP contribution in [0, 0.1) is 5.92 Å². The second-order valence-electron chi connectivity index (χ2n) is 5.04. The lowest BCUT2D eigenvalue weighted by Crippen LogP contribution is -2.37. The molecule has 2 N–H and O–H groups in total. The SMILES string of the molecule is CC(NC(=O)c1ccnc(C(=O)O)c1)C1CCCC1. The van der Waals surface area contributed by atoms with Gasteiger partial charge in [-0.05, 0) is 37.8 Å². The lowest BCUT2D eigenvalue weighted by atomic mass is 9.99. The second kappa shape index (κ2) is 5.82. The first-order chi connectivity index (χ1) is 9.08. The number of carbonyl (C=O) groups excluding carboxylic acids is 1. The molecule has 1 saturated carbocycles. The van der Waals surface area contributed by atoms with E-state index in [1.54, 1.807) is 0 Å². The van der Waals surface area contributed by atoms with Gasteiger partial charge in [-0.25, -0.2) is 9.78 Å². The van der Waals surface area contributed by atoms with Gasteiger partial charge >= 0.3 is 5.97 Å². The van der Waals surface area contributed by atoms with E-state index in [9.17, 15) is 9.59 Å². The van der Waals surface area contributed by atoms with Crippen LogP contribution in [-0.2, 0) is 0 Å². The molecule has 19 heavy (non-hydrogen) atoms. The van der Waals surface area contributed by atoms with Crippen LogP contribution in [0.5, 0.6) is 0 Å². The zero-order valence-corrected chi connectivity index (χ0v) is 10.9. The molecule has 1 atom stereocenters. The van der Waals surface area contributed by atoms with Crippen LogP contribution in [0.3, 0.4) is 0 Å². The van der Waals surface area contributed by atoms with Crippen molar-refractivity contribution in [3.63, 3.8) is 0 Å². The third-order valence-electron chi connectivity index (χ3n) is 3.71. The molecular weight excluding hydrogens is 244 g/mol. The van der Waals surface area contributed by atoms with E-state index < -0.39 is 5.97 Å². The first kappa shape index (κ1) is 13.5. The predicted octanol–water partition coefficient (Wildman–Crippen LogP) is 2.09. The Bertz CT molecular complexity index is 481. The Morgan fingerprint density at radius 3 is 2.74 bits per heavy atom. The highest BCUT2D eigenvalue weighted by Gasteiger charge is 2.23. The molecular formula is C14H18N2O3. The van der Waals surface area contributed by atoms with Crippen LogP contribution in [0.25, 0.3) is 0 Å². The maximum absolute atomic E-state index is 12.1. The highest BCUT2D eigenvalue weighted by atomic mass is 16.4. The summed E-state index contributed by atoms with van der Waals surface area (Å²) in [7, 11) is 0. The van der Waals surface area contributed by atoms with Crippen LogP contribution in [-0.4, -0.2) is 28.0 Å². The number of amides is 1. The Balaban J connectivity index is 2.02. The minimum absolute atomic E-state index is 0.110. The van der Waals surface area contributed by atoms with E-state index in [4.69, 9.17) is 5.11 Å². The first-order valence-electron chi connectivity index (χ1n) is 6.58. The van der Waals surface area contributed by atoms with E-state index >= 15 is 0 Å². The van der Waals surface area contributed by atoms with Crippen molar-refractivity contribution in [2.75, 3.05) is 0 Å². The van der Waals surface area contributed by atoms with Gasteiger partial charge in [-0.1, -0.05) is 12.8 Å². The molecule has 0 radical (unpaired) electrons. The van der Waals surface area contributed by atoms with Crippen LogP contribution in [0.2, 0.25) is 0 Å². The van der Waals surface area contributed by atoms with Crippen molar-refractivity contribution in [2.45, 2.75) is 38.6 Å². The topological polar surface area (TPSA) is 79.3 Å². The Morgan fingerprint density at radius 1 is 1.42 bits per heavy atom. The number of rotatable bonds is 4. The molecule has 0 aliphatic heterocycles. The van der Waals surface area contributed by atoms with Crippen molar-refractivity contribution < 1.29 is 14.7 Å². The molecule has 0 bridgehead atoms.